The van der Waals surface area contributed by atoms with Crippen molar-refractivity contribution in [1.82, 2.24) is 19.7 Å². The Labute approximate surface area is 185 Å². The number of nitrogens with zero attached hydrogens (tertiary/aromatic N) is 4. The highest BCUT2D eigenvalue weighted by atomic mass is 19.4. The average molecular weight is 448 g/mol. The summed E-state index contributed by atoms with van der Waals surface area (Å²) in [6.07, 6.45) is 4.80. The first-order valence-electron chi connectivity index (χ1n) is 10.1. The van der Waals surface area contributed by atoms with Crippen molar-refractivity contribution in [3.63, 3.8) is 0 Å². The van der Waals surface area contributed by atoms with E-state index in [0.29, 0.717) is 12.1 Å². The normalized spacial score (nSPS) is 13.6. The molecule has 2 aromatic rings. The van der Waals surface area contributed by atoms with Gasteiger partial charge in [-0.3, -0.25) is 9.48 Å². The molecule has 0 aliphatic rings. The minimum atomic E-state index is -4.46. The van der Waals surface area contributed by atoms with Crippen molar-refractivity contribution in [3.05, 3.63) is 72.2 Å². The van der Waals surface area contributed by atoms with Gasteiger partial charge in [-0.25, -0.2) is 4.98 Å². The third-order valence-electron chi connectivity index (χ3n) is 4.78. The van der Waals surface area contributed by atoms with Crippen LogP contribution in [0.2, 0.25) is 0 Å². The number of carbonyl (C=O) groups excluding carboxylic acids is 1. The molecule has 0 radical (unpaired) electrons. The van der Waals surface area contributed by atoms with Crippen LogP contribution in [-0.4, -0.2) is 44.8 Å². The maximum Gasteiger partial charge on any atom is 0.417 e. The monoisotopic (exact) mass is 448 g/mol. The number of halogens is 3. The molecule has 0 aliphatic carbocycles. The lowest BCUT2D eigenvalue weighted by atomic mass is 9.98. The van der Waals surface area contributed by atoms with E-state index in [1.165, 1.54) is 0 Å². The molecule has 0 saturated heterocycles. The summed E-state index contributed by atoms with van der Waals surface area (Å²) in [5.41, 5.74) is 1.12. The quantitative estimate of drug-likeness (QED) is 0.413. The largest absolute Gasteiger partial charge is 0.475 e. The van der Waals surface area contributed by atoms with Gasteiger partial charge >= 0.3 is 6.18 Å². The zero-order valence-corrected chi connectivity index (χ0v) is 18.6. The highest BCUT2D eigenvalue weighted by Crippen LogP contribution is 2.29. The Kier molecular flexibility index (Phi) is 8.40. The number of allylic oxidation sites excluding steroid dienone is 3. The predicted octanol–water partition coefficient (Wildman–Crippen LogP) is 4.67. The van der Waals surface area contributed by atoms with Crippen LogP contribution in [0.25, 0.3) is 5.57 Å². The molecular formula is C23H27F3N4O2. The molecule has 0 fully saturated rings. The van der Waals surface area contributed by atoms with Crippen molar-refractivity contribution in [3.8, 4) is 5.88 Å². The Morgan fingerprint density at radius 3 is 2.53 bits per heavy atom. The number of hydrogen-bond acceptors (Lipinski definition) is 4. The van der Waals surface area contributed by atoms with Crippen molar-refractivity contribution in [2.45, 2.75) is 33.0 Å². The number of aryl methyl sites for hydroxylation is 1. The molecule has 32 heavy (non-hydrogen) atoms. The van der Waals surface area contributed by atoms with E-state index in [4.69, 9.17) is 4.74 Å². The number of pyridine rings is 1. The topological polar surface area (TPSA) is 60.3 Å². The van der Waals surface area contributed by atoms with E-state index < -0.39 is 11.7 Å². The molecular weight excluding hydrogens is 421 g/mol. The second-order valence-electron chi connectivity index (χ2n) is 7.06. The van der Waals surface area contributed by atoms with E-state index in [2.05, 4.69) is 16.7 Å². The first kappa shape index (κ1) is 24.9. The summed E-state index contributed by atoms with van der Waals surface area (Å²) >= 11 is 0. The van der Waals surface area contributed by atoms with Crippen molar-refractivity contribution < 1.29 is 22.7 Å². The standard InChI is InChI=1S/C23H27F3N4O2/c1-6-9-20(19(7-2)17-12-28-29(5)14-17)22(31)30(8-3)16(4)15-32-21-11-10-18(13-27-21)23(24,25)26/h6-7,9-14,16H,1,8,15H2,2-5H3/b19-7-,20-9+/t16-/m0/s1. The number of amides is 1. The molecule has 0 bridgehead atoms. The zero-order valence-electron chi connectivity index (χ0n) is 18.6. The fourth-order valence-corrected chi connectivity index (χ4v) is 3.17. The second kappa shape index (κ2) is 10.8. The van der Waals surface area contributed by atoms with E-state index in [1.54, 1.807) is 41.9 Å². The van der Waals surface area contributed by atoms with Crippen LogP contribution in [0.4, 0.5) is 13.2 Å². The number of rotatable bonds is 9. The molecule has 0 spiro atoms. The van der Waals surface area contributed by atoms with Gasteiger partial charge in [0.15, 0.2) is 0 Å². The summed E-state index contributed by atoms with van der Waals surface area (Å²) in [6.45, 7) is 9.68. The molecule has 2 aromatic heterocycles. The van der Waals surface area contributed by atoms with E-state index in [-0.39, 0.29) is 24.4 Å². The smallest absolute Gasteiger partial charge is 0.417 e. The van der Waals surface area contributed by atoms with Gasteiger partial charge < -0.3 is 9.64 Å². The maximum atomic E-state index is 13.4. The van der Waals surface area contributed by atoms with Crippen LogP contribution in [0.3, 0.4) is 0 Å². The second-order valence-corrected chi connectivity index (χ2v) is 7.06. The van der Waals surface area contributed by atoms with Crippen molar-refractivity contribution in [2.24, 2.45) is 7.05 Å². The molecule has 0 aromatic carbocycles. The van der Waals surface area contributed by atoms with Crippen LogP contribution in [0.15, 0.2) is 61.1 Å². The minimum absolute atomic E-state index is 0.0553. The lowest BCUT2D eigenvalue weighted by Crippen LogP contribution is -2.42. The van der Waals surface area contributed by atoms with E-state index in [0.717, 1.165) is 29.5 Å². The van der Waals surface area contributed by atoms with E-state index in [9.17, 15) is 18.0 Å². The average Bonchev–Trinajstić information content (AvgIpc) is 3.18. The fraction of sp³-hybridized carbons (Fsp3) is 0.348. The molecule has 0 saturated carbocycles. The summed E-state index contributed by atoms with van der Waals surface area (Å²) in [6, 6.07) is 1.71. The van der Waals surface area contributed by atoms with Crippen LogP contribution < -0.4 is 4.74 Å². The van der Waals surface area contributed by atoms with Gasteiger partial charge in [-0.15, -0.1) is 0 Å². The predicted molar refractivity (Wildman–Crippen MR) is 117 cm³/mol. The molecule has 9 heteroatoms. The fourth-order valence-electron chi connectivity index (χ4n) is 3.17. The third-order valence-corrected chi connectivity index (χ3v) is 4.78. The van der Waals surface area contributed by atoms with Gasteiger partial charge in [0.05, 0.1) is 17.8 Å². The van der Waals surface area contributed by atoms with Gasteiger partial charge in [0, 0.05) is 43.2 Å². The molecule has 2 rings (SSSR count). The number of aromatic nitrogens is 3. The zero-order chi connectivity index (χ0) is 23.9. The Morgan fingerprint density at radius 2 is 2.06 bits per heavy atom. The summed E-state index contributed by atoms with van der Waals surface area (Å²) in [7, 11) is 1.79. The number of hydrogen-bond donors (Lipinski definition) is 0. The number of alkyl halides is 3. The van der Waals surface area contributed by atoms with Crippen molar-refractivity contribution >= 4 is 11.5 Å². The molecule has 6 nitrogen and oxygen atoms in total. The van der Waals surface area contributed by atoms with Gasteiger partial charge in [-0.1, -0.05) is 18.7 Å². The summed E-state index contributed by atoms with van der Waals surface area (Å²) in [5.74, 6) is -0.166. The first-order chi connectivity index (χ1) is 15.1. The van der Waals surface area contributed by atoms with Gasteiger partial charge in [0.2, 0.25) is 5.88 Å². The summed E-state index contributed by atoms with van der Waals surface area (Å²) in [5, 5.41) is 4.17. The summed E-state index contributed by atoms with van der Waals surface area (Å²) < 4.78 is 45.2. The maximum absolute atomic E-state index is 13.4. The molecule has 2 heterocycles. The van der Waals surface area contributed by atoms with Crippen LogP contribution in [0, 0.1) is 0 Å². The SMILES string of the molecule is C=C/C=C(C(=O)N(CC)[C@@H](C)COc1ccc(C(F)(F)F)cn1)\C(=C/C)c1cnn(C)c1. The molecule has 0 aliphatic heterocycles. The molecule has 1 amide bonds. The first-order valence-corrected chi connectivity index (χ1v) is 10.1. The Morgan fingerprint density at radius 1 is 1.34 bits per heavy atom. The van der Waals surface area contributed by atoms with Crippen LogP contribution >= 0.6 is 0 Å². The van der Waals surface area contributed by atoms with Gasteiger partial charge in [-0.2, -0.15) is 18.3 Å². The highest BCUT2D eigenvalue weighted by Gasteiger charge is 2.31. The Balaban J connectivity index is 2.16. The van der Waals surface area contributed by atoms with Gasteiger partial charge in [0.25, 0.3) is 5.91 Å². The van der Waals surface area contributed by atoms with Crippen LogP contribution in [-0.2, 0) is 18.0 Å². The number of carbonyl (C=O) groups is 1. The van der Waals surface area contributed by atoms with Crippen molar-refractivity contribution in [1.29, 1.82) is 0 Å². The van der Waals surface area contributed by atoms with E-state index >= 15 is 0 Å². The molecule has 0 N–H and O–H groups in total. The Bertz CT molecular complexity index is 991. The lowest BCUT2D eigenvalue weighted by molar-refractivity contribution is -0.138. The van der Waals surface area contributed by atoms with E-state index in [1.807, 2.05) is 26.1 Å². The third kappa shape index (κ3) is 6.09. The van der Waals surface area contributed by atoms with Gasteiger partial charge in [-0.05, 0) is 38.5 Å². The van der Waals surface area contributed by atoms with Gasteiger partial charge in [0.1, 0.15) is 6.61 Å². The minimum Gasteiger partial charge on any atom is -0.475 e. The number of ether oxygens (including phenoxy) is 1. The molecule has 172 valence electrons. The summed E-state index contributed by atoms with van der Waals surface area (Å²) in [4.78, 5) is 18.7. The molecule has 0 unspecified atom stereocenters. The molecule has 1 atom stereocenters. The van der Waals surface area contributed by atoms with Crippen LogP contribution in [0.1, 0.15) is 31.9 Å². The van der Waals surface area contributed by atoms with Crippen molar-refractivity contribution in [2.75, 3.05) is 13.2 Å². The number of likely N-dealkylation sites (N-methyl/N-ethyl adjacent to an activating group) is 1. The lowest BCUT2D eigenvalue weighted by Gasteiger charge is -2.29. The highest BCUT2D eigenvalue weighted by molar-refractivity contribution is 6.09. The Hall–Kier alpha value is -3.36. The van der Waals surface area contributed by atoms with Crippen LogP contribution in [0.5, 0.6) is 5.88 Å².